The zero-order chi connectivity index (χ0) is 39.0. The van der Waals surface area contributed by atoms with Crippen LogP contribution in [-0.2, 0) is 31.0 Å². The highest BCUT2D eigenvalue weighted by Crippen LogP contribution is 2.42. The smallest absolute Gasteiger partial charge is 0.407 e. The van der Waals surface area contributed by atoms with E-state index >= 15 is 0 Å². The number of methoxy groups -OCH3 is 2. The number of rotatable bonds is 10. The molecule has 4 heterocycles. The van der Waals surface area contributed by atoms with Crippen molar-refractivity contribution in [3.8, 4) is 28.1 Å². The van der Waals surface area contributed by atoms with E-state index in [1.807, 2.05) is 56.9 Å². The minimum absolute atomic E-state index is 0.122. The van der Waals surface area contributed by atoms with Gasteiger partial charge in [-0.3, -0.25) is 9.59 Å². The van der Waals surface area contributed by atoms with Crippen molar-refractivity contribution in [2.75, 3.05) is 27.4 Å². The summed E-state index contributed by atoms with van der Waals surface area (Å²) in [6.07, 6.45) is 3.34. The quantitative estimate of drug-likeness (QED) is 0.140. The van der Waals surface area contributed by atoms with Gasteiger partial charge in [-0.15, -0.1) is 0 Å². The molecular formula is C40H50N8O7. The molecule has 7 rings (SSSR count). The first-order valence-electron chi connectivity index (χ1n) is 19.1. The summed E-state index contributed by atoms with van der Waals surface area (Å²) in [5.74, 6) is 1.45. The normalized spacial score (nSPS) is 18.3. The number of likely N-dealkylation sites (tertiary alicyclic amines) is 1. The fourth-order valence-corrected chi connectivity index (χ4v) is 7.87. The lowest BCUT2D eigenvalue weighted by Crippen LogP contribution is -2.58. The molecule has 1 unspecified atom stereocenters. The van der Waals surface area contributed by atoms with Gasteiger partial charge in [0.1, 0.15) is 29.5 Å². The largest absolute Gasteiger partial charge is 0.492 e. The number of imidazole rings is 2. The molecule has 2 aliphatic heterocycles. The van der Waals surface area contributed by atoms with E-state index < -0.39 is 29.8 Å². The molecule has 2 aromatic heterocycles. The zero-order valence-corrected chi connectivity index (χ0v) is 32.2. The third kappa shape index (κ3) is 7.31. The lowest BCUT2D eigenvalue weighted by atomic mass is 9.75. The summed E-state index contributed by atoms with van der Waals surface area (Å²) in [6, 6.07) is 10.5. The average Bonchev–Trinajstić information content (AvgIpc) is 3.90. The van der Waals surface area contributed by atoms with Crippen molar-refractivity contribution in [2.45, 2.75) is 89.9 Å². The summed E-state index contributed by atoms with van der Waals surface area (Å²) >= 11 is 0. The first kappa shape index (κ1) is 37.7. The number of alkyl carbamates (subject to hydrolysis) is 2. The molecule has 1 aliphatic carbocycles. The molecule has 15 heteroatoms. The van der Waals surface area contributed by atoms with Gasteiger partial charge in [0.25, 0.3) is 0 Å². The van der Waals surface area contributed by atoms with Crippen LogP contribution in [0.25, 0.3) is 33.4 Å². The molecule has 292 valence electrons. The molecule has 2 aromatic carbocycles. The fourth-order valence-electron chi connectivity index (χ4n) is 7.87. The van der Waals surface area contributed by atoms with Crippen LogP contribution in [0, 0.1) is 11.8 Å². The molecule has 5 N–H and O–H groups in total. The lowest BCUT2D eigenvalue weighted by molar-refractivity contribution is -0.135. The van der Waals surface area contributed by atoms with Crippen LogP contribution >= 0.6 is 0 Å². The lowest BCUT2D eigenvalue weighted by Gasteiger charge is -2.42. The molecule has 0 bridgehead atoms. The molecule has 1 saturated heterocycles. The van der Waals surface area contributed by atoms with Crippen molar-refractivity contribution >= 4 is 35.0 Å². The van der Waals surface area contributed by atoms with E-state index in [0.29, 0.717) is 25.4 Å². The first-order chi connectivity index (χ1) is 26.4. The number of carbonyl (C=O) groups is 4. The van der Waals surface area contributed by atoms with Gasteiger partial charge in [-0.05, 0) is 79.3 Å². The second-order valence-corrected chi connectivity index (χ2v) is 15.4. The number of nitrogens with one attached hydrogen (secondary N) is 5. The molecule has 4 aromatic rings. The van der Waals surface area contributed by atoms with Crippen LogP contribution in [0.4, 0.5) is 9.59 Å². The number of H-pyrrole nitrogens is 2. The van der Waals surface area contributed by atoms with E-state index in [9.17, 15) is 19.2 Å². The van der Waals surface area contributed by atoms with Crippen LogP contribution in [0.2, 0.25) is 0 Å². The molecule has 3 atom stereocenters. The summed E-state index contributed by atoms with van der Waals surface area (Å²) < 4.78 is 15.8. The Kier molecular flexibility index (Phi) is 10.5. The van der Waals surface area contributed by atoms with E-state index in [1.54, 1.807) is 0 Å². The monoisotopic (exact) mass is 754 g/mol. The van der Waals surface area contributed by atoms with Crippen molar-refractivity contribution in [1.29, 1.82) is 0 Å². The third-order valence-electron chi connectivity index (χ3n) is 11.1. The number of hydrogen-bond donors (Lipinski definition) is 5. The van der Waals surface area contributed by atoms with Gasteiger partial charge >= 0.3 is 12.2 Å². The van der Waals surface area contributed by atoms with Crippen LogP contribution in [0.3, 0.4) is 0 Å². The highest BCUT2D eigenvalue weighted by atomic mass is 16.5. The number of carbonyl (C=O) groups excluding carboxylic acids is 4. The van der Waals surface area contributed by atoms with Gasteiger partial charge in [0.05, 0.1) is 49.1 Å². The van der Waals surface area contributed by atoms with Crippen LogP contribution in [-0.4, -0.2) is 88.3 Å². The van der Waals surface area contributed by atoms with Crippen LogP contribution < -0.4 is 20.7 Å². The molecule has 0 radical (unpaired) electrons. The highest BCUT2D eigenvalue weighted by Gasteiger charge is 2.44. The first-order valence-corrected chi connectivity index (χ1v) is 19.1. The van der Waals surface area contributed by atoms with Crippen LogP contribution in [0.5, 0.6) is 5.75 Å². The second kappa shape index (κ2) is 15.3. The molecule has 3 aliphatic rings. The number of nitrogens with zero attached hydrogens (tertiary/aromatic N) is 3. The second-order valence-electron chi connectivity index (χ2n) is 15.4. The predicted molar refractivity (Wildman–Crippen MR) is 204 cm³/mol. The number of fused-ring (bicyclic) bond motifs is 4. The van der Waals surface area contributed by atoms with E-state index in [-0.39, 0.29) is 29.7 Å². The van der Waals surface area contributed by atoms with Crippen molar-refractivity contribution < 1.29 is 33.4 Å². The van der Waals surface area contributed by atoms with Gasteiger partial charge in [-0.1, -0.05) is 39.8 Å². The number of amides is 4. The van der Waals surface area contributed by atoms with Gasteiger partial charge < -0.3 is 45.0 Å². The van der Waals surface area contributed by atoms with Crippen molar-refractivity contribution in [2.24, 2.45) is 11.8 Å². The van der Waals surface area contributed by atoms with E-state index in [2.05, 4.69) is 38.1 Å². The minimum Gasteiger partial charge on any atom is -0.492 e. The van der Waals surface area contributed by atoms with E-state index in [4.69, 9.17) is 24.2 Å². The van der Waals surface area contributed by atoms with E-state index in [0.717, 1.165) is 82.8 Å². The van der Waals surface area contributed by atoms with Gasteiger partial charge in [0.15, 0.2) is 0 Å². The Hall–Kier alpha value is -5.60. The molecule has 1 saturated carbocycles. The van der Waals surface area contributed by atoms with Gasteiger partial charge in [0, 0.05) is 24.2 Å². The molecule has 55 heavy (non-hydrogen) atoms. The third-order valence-corrected chi connectivity index (χ3v) is 11.1. The topological polar surface area (TPSA) is 193 Å². The van der Waals surface area contributed by atoms with Crippen molar-refractivity contribution in [3.63, 3.8) is 0 Å². The maximum Gasteiger partial charge on any atom is 0.407 e. The van der Waals surface area contributed by atoms with Crippen molar-refractivity contribution in [1.82, 2.24) is 40.8 Å². The number of hydrogen-bond acceptors (Lipinski definition) is 9. The Morgan fingerprint density at radius 1 is 0.891 bits per heavy atom. The maximum atomic E-state index is 13.7. The molecule has 2 fully saturated rings. The van der Waals surface area contributed by atoms with E-state index in [1.165, 1.54) is 14.2 Å². The summed E-state index contributed by atoms with van der Waals surface area (Å²) in [5, 5.41) is 8.56. The highest BCUT2D eigenvalue weighted by molar-refractivity contribution is 5.88. The Morgan fingerprint density at radius 2 is 1.58 bits per heavy atom. The Labute approximate surface area is 319 Å². The molecule has 15 nitrogen and oxygen atoms in total. The SMILES string of the molecule is COC(=O)NC(C(=O)NC1(c2nc3ccc(-c4ccc5c(c4)OCCc4[nH]c([C@@H]6CCCN6C(=O)[C@@H](NC(=O)OC)C(C)C)nc4-5)cc3[nH]2)CCC1)C(C)C. The number of aromatic nitrogens is 4. The van der Waals surface area contributed by atoms with Crippen LogP contribution in [0.15, 0.2) is 36.4 Å². The summed E-state index contributed by atoms with van der Waals surface area (Å²) in [6.45, 7) is 8.59. The summed E-state index contributed by atoms with van der Waals surface area (Å²) in [4.78, 5) is 69.9. The van der Waals surface area contributed by atoms with Gasteiger partial charge in [-0.2, -0.15) is 0 Å². The van der Waals surface area contributed by atoms with Crippen LogP contribution in [0.1, 0.15) is 83.2 Å². The fraction of sp³-hybridized carbons (Fsp3) is 0.500. The van der Waals surface area contributed by atoms with Crippen molar-refractivity contribution in [3.05, 3.63) is 53.7 Å². The zero-order valence-electron chi connectivity index (χ0n) is 32.2. The Balaban J connectivity index is 1.12. The number of ether oxygens (including phenoxy) is 3. The Morgan fingerprint density at radius 3 is 2.25 bits per heavy atom. The Bertz CT molecular complexity index is 2100. The maximum absolute atomic E-state index is 13.7. The van der Waals surface area contributed by atoms with Gasteiger partial charge in [0.2, 0.25) is 11.8 Å². The summed E-state index contributed by atoms with van der Waals surface area (Å²) in [5.41, 5.74) is 5.54. The number of aromatic amines is 2. The molecular weight excluding hydrogens is 704 g/mol. The molecule has 4 amide bonds. The summed E-state index contributed by atoms with van der Waals surface area (Å²) in [7, 11) is 2.57. The standard InChI is InChI=1S/C40H50N8O7/c1-21(2)31(45-38(51)53-5)35(49)47-40(15-8-16-40)37-42-26-13-11-23(19-28(26)43-37)24-10-12-25-30(20-24)55-18-14-27-33(25)44-34(41-27)29-9-7-17-48(29)36(50)32(22(3)4)46-39(52)54-6/h10-13,19-22,29,31-32H,7-9,14-18H2,1-6H3,(H,41,44)(H,42,43)(H,45,51)(H,46,52)(H,47,49)/t29-,31?,32-/m0/s1. The minimum atomic E-state index is -0.749. The molecule has 0 spiro atoms. The number of benzene rings is 2. The predicted octanol–water partition coefficient (Wildman–Crippen LogP) is 5.48. The average molecular weight is 755 g/mol. The van der Waals surface area contributed by atoms with Gasteiger partial charge in [-0.25, -0.2) is 19.6 Å².